The molecule has 1 aromatic rings. The molecule has 0 fully saturated rings. The van der Waals surface area contributed by atoms with Crippen molar-refractivity contribution in [3.8, 4) is 11.5 Å². The Morgan fingerprint density at radius 3 is 2.29 bits per heavy atom. The van der Waals surface area contributed by atoms with Crippen LogP contribution in [-0.4, -0.2) is 42.9 Å². The van der Waals surface area contributed by atoms with Gasteiger partial charge >= 0.3 is 5.97 Å². The average Bonchev–Trinajstić information content (AvgIpc) is 2.26. The van der Waals surface area contributed by atoms with Gasteiger partial charge in [-0.25, -0.2) is 4.79 Å². The van der Waals surface area contributed by atoms with Crippen molar-refractivity contribution in [1.82, 2.24) is 0 Å². The van der Waals surface area contributed by atoms with Crippen LogP contribution >= 0.6 is 15.9 Å². The first-order valence-electron chi connectivity index (χ1n) is 4.59. The molecule has 0 saturated heterocycles. The minimum Gasteiger partial charge on any atom is -0.507 e. The topological polar surface area (TPSA) is 118 Å². The second-order valence-electron chi connectivity index (χ2n) is 3.40. The molecule has 2 unspecified atom stereocenters. The maximum Gasteiger partial charge on any atom is 0.339 e. The lowest BCUT2D eigenvalue weighted by Gasteiger charge is -2.17. The lowest BCUT2D eigenvalue weighted by Crippen LogP contribution is -2.20. The van der Waals surface area contributed by atoms with Crippen molar-refractivity contribution in [3.05, 3.63) is 23.3 Å². The van der Waals surface area contributed by atoms with Gasteiger partial charge in [-0.2, -0.15) is 0 Å². The fourth-order valence-electron chi connectivity index (χ4n) is 1.29. The summed E-state index contributed by atoms with van der Waals surface area (Å²) < 4.78 is 0. The van der Waals surface area contributed by atoms with Crippen molar-refractivity contribution >= 4 is 21.9 Å². The number of hydrogen-bond donors (Lipinski definition) is 5. The second-order valence-corrected chi connectivity index (χ2v) is 4.05. The number of aromatic hydroxyl groups is 2. The summed E-state index contributed by atoms with van der Waals surface area (Å²) in [6.45, 7) is 0. The van der Waals surface area contributed by atoms with Crippen molar-refractivity contribution in [3.63, 3.8) is 0 Å². The number of carboxylic acid groups (broad SMARTS) is 1. The Bertz CT molecular complexity index is 433. The number of carbonyl (C=O) groups is 1. The van der Waals surface area contributed by atoms with Crippen LogP contribution in [0.3, 0.4) is 0 Å². The van der Waals surface area contributed by atoms with Gasteiger partial charge in [0.05, 0.1) is 6.10 Å². The molecule has 0 saturated carbocycles. The Kier molecular flexibility index (Phi) is 4.33. The molecule has 0 heterocycles. The van der Waals surface area contributed by atoms with Crippen molar-refractivity contribution in [2.75, 3.05) is 5.33 Å². The Morgan fingerprint density at radius 1 is 1.24 bits per heavy atom. The molecule has 0 bridgehead atoms. The number of benzene rings is 1. The van der Waals surface area contributed by atoms with Crippen LogP contribution in [-0.2, 0) is 0 Å². The predicted octanol–water partition coefficient (Wildman–Crippen LogP) is 0.585. The summed E-state index contributed by atoms with van der Waals surface area (Å²) in [5, 5.41) is 46.6. The van der Waals surface area contributed by atoms with Crippen LogP contribution in [0.15, 0.2) is 12.1 Å². The quantitative estimate of drug-likeness (QED) is 0.519. The van der Waals surface area contributed by atoms with Crippen LogP contribution < -0.4 is 0 Å². The van der Waals surface area contributed by atoms with Gasteiger partial charge in [0.2, 0.25) is 0 Å². The maximum atomic E-state index is 10.8. The highest BCUT2D eigenvalue weighted by atomic mass is 79.9. The highest BCUT2D eigenvalue weighted by molar-refractivity contribution is 9.09. The molecule has 7 heteroatoms. The third kappa shape index (κ3) is 2.87. The summed E-state index contributed by atoms with van der Waals surface area (Å²) in [4.78, 5) is 10.8. The summed E-state index contributed by atoms with van der Waals surface area (Å²) in [5.74, 6) is -2.50. The van der Waals surface area contributed by atoms with Gasteiger partial charge in [0.15, 0.2) is 0 Å². The number of phenols is 2. The van der Waals surface area contributed by atoms with Gasteiger partial charge in [0, 0.05) is 17.0 Å². The average molecular weight is 307 g/mol. The van der Waals surface area contributed by atoms with Crippen LogP contribution in [0.1, 0.15) is 22.0 Å². The van der Waals surface area contributed by atoms with E-state index in [2.05, 4.69) is 15.9 Å². The van der Waals surface area contributed by atoms with E-state index in [-0.39, 0.29) is 10.9 Å². The van der Waals surface area contributed by atoms with E-state index in [1.165, 1.54) is 0 Å². The van der Waals surface area contributed by atoms with E-state index in [9.17, 15) is 25.2 Å². The first-order chi connectivity index (χ1) is 7.88. The van der Waals surface area contributed by atoms with E-state index < -0.39 is 35.2 Å². The standard InChI is InChI=1S/C10H11BrO6/c11-3-8(14)9(15)4-1-5(10(16)17)7(13)2-6(4)12/h1-2,8-9,12-15H,3H2,(H,16,17). The minimum absolute atomic E-state index is 0.0525. The third-order valence-electron chi connectivity index (χ3n) is 2.22. The molecule has 0 amide bonds. The van der Waals surface area contributed by atoms with Crippen molar-refractivity contribution in [1.29, 1.82) is 0 Å². The molecule has 0 aliphatic carbocycles. The smallest absolute Gasteiger partial charge is 0.339 e. The monoisotopic (exact) mass is 306 g/mol. The first kappa shape index (κ1) is 13.8. The Labute approximate surface area is 105 Å². The predicted molar refractivity (Wildman–Crippen MR) is 61.5 cm³/mol. The largest absolute Gasteiger partial charge is 0.507 e. The highest BCUT2D eigenvalue weighted by Crippen LogP contribution is 2.33. The number of aliphatic hydroxyl groups excluding tert-OH is 2. The molecule has 0 aromatic heterocycles. The fourth-order valence-corrected chi connectivity index (χ4v) is 1.65. The number of alkyl halides is 1. The molecule has 0 aliphatic heterocycles. The molecule has 0 spiro atoms. The number of phenolic OH excluding ortho intramolecular Hbond substituents is 1. The molecule has 0 radical (unpaired) electrons. The number of rotatable bonds is 4. The van der Waals surface area contributed by atoms with Gasteiger partial charge in [-0.1, -0.05) is 15.9 Å². The van der Waals surface area contributed by atoms with Gasteiger partial charge < -0.3 is 25.5 Å². The van der Waals surface area contributed by atoms with E-state index in [0.29, 0.717) is 0 Å². The fraction of sp³-hybridized carbons (Fsp3) is 0.300. The summed E-state index contributed by atoms with van der Waals surface area (Å²) >= 11 is 2.94. The van der Waals surface area contributed by atoms with Crippen LogP contribution in [0.25, 0.3) is 0 Å². The summed E-state index contributed by atoms with van der Waals surface area (Å²) in [6.07, 6.45) is -2.65. The number of aliphatic hydroxyl groups is 2. The third-order valence-corrected chi connectivity index (χ3v) is 2.88. The van der Waals surface area contributed by atoms with Crippen LogP contribution in [0.4, 0.5) is 0 Å². The van der Waals surface area contributed by atoms with Gasteiger partial charge in [-0.05, 0) is 6.07 Å². The van der Waals surface area contributed by atoms with Crippen LogP contribution in [0.2, 0.25) is 0 Å². The molecule has 0 aliphatic rings. The van der Waals surface area contributed by atoms with Crippen molar-refractivity contribution < 1.29 is 30.3 Å². The van der Waals surface area contributed by atoms with E-state index >= 15 is 0 Å². The highest BCUT2D eigenvalue weighted by Gasteiger charge is 2.23. The SMILES string of the molecule is O=C(O)c1cc(C(O)C(O)CBr)c(O)cc1O. The van der Waals surface area contributed by atoms with E-state index in [0.717, 1.165) is 12.1 Å². The molecule has 94 valence electrons. The zero-order chi connectivity index (χ0) is 13.2. The Hall–Kier alpha value is -1.31. The molecule has 17 heavy (non-hydrogen) atoms. The summed E-state index contributed by atoms with van der Waals surface area (Å²) in [7, 11) is 0. The van der Waals surface area contributed by atoms with Gasteiger partial charge in [-0.3, -0.25) is 0 Å². The van der Waals surface area contributed by atoms with Crippen LogP contribution in [0.5, 0.6) is 11.5 Å². The lowest BCUT2D eigenvalue weighted by atomic mass is 10.0. The zero-order valence-corrected chi connectivity index (χ0v) is 10.1. The lowest BCUT2D eigenvalue weighted by molar-refractivity contribution is 0.0326. The molecule has 1 rings (SSSR count). The Balaban J connectivity index is 3.24. The number of aromatic carboxylic acids is 1. The van der Waals surface area contributed by atoms with E-state index in [4.69, 9.17) is 5.11 Å². The van der Waals surface area contributed by atoms with Crippen molar-refractivity contribution in [2.24, 2.45) is 0 Å². The molecular weight excluding hydrogens is 296 g/mol. The molecule has 2 atom stereocenters. The van der Waals surface area contributed by atoms with Gasteiger partial charge in [0.25, 0.3) is 0 Å². The number of hydrogen-bond acceptors (Lipinski definition) is 5. The Morgan fingerprint density at radius 2 is 1.82 bits per heavy atom. The molecular formula is C10H11BrO6. The summed E-state index contributed by atoms with van der Waals surface area (Å²) in [5.41, 5.74) is -0.620. The minimum atomic E-state index is -1.45. The van der Waals surface area contributed by atoms with Crippen LogP contribution in [0, 0.1) is 0 Å². The van der Waals surface area contributed by atoms with Crippen molar-refractivity contribution in [2.45, 2.75) is 12.2 Å². The molecule has 5 N–H and O–H groups in total. The van der Waals surface area contributed by atoms with Gasteiger partial charge in [0.1, 0.15) is 23.2 Å². The summed E-state index contributed by atoms with van der Waals surface area (Å²) in [6, 6.07) is 1.73. The first-order valence-corrected chi connectivity index (χ1v) is 5.72. The molecule has 6 nitrogen and oxygen atoms in total. The van der Waals surface area contributed by atoms with E-state index in [1.54, 1.807) is 0 Å². The maximum absolute atomic E-state index is 10.8. The molecule has 1 aromatic carbocycles. The van der Waals surface area contributed by atoms with E-state index in [1.807, 2.05) is 0 Å². The zero-order valence-electron chi connectivity index (χ0n) is 8.54. The second kappa shape index (κ2) is 5.35. The number of carboxylic acids is 1. The number of halogens is 1. The van der Waals surface area contributed by atoms with Gasteiger partial charge in [-0.15, -0.1) is 0 Å². The normalized spacial score (nSPS) is 14.3.